The Kier molecular flexibility index (Phi) is 5.85. The molecule has 0 spiro atoms. The van der Waals surface area contributed by atoms with Crippen LogP contribution in [0.25, 0.3) is 11.1 Å². The van der Waals surface area contributed by atoms with Gasteiger partial charge in [-0.05, 0) is 46.5 Å². The van der Waals surface area contributed by atoms with Crippen LogP contribution in [0.15, 0.2) is 66.7 Å². The number of phenols is 1. The van der Waals surface area contributed by atoms with E-state index in [1.165, 1.54) is 17.0 Å². The molecule has 3 N–H and O–H groups in total. The van der Waals surface area contributed by atoms with Crippen LogP contribution >= 0.6 is 0 Å². The number of hydrogen-bond acceptors (Lipinski definition) is 4. The van der Waals surface area contributed by atoms with Crippen molar-refractivity contribution in [1.82, 2.24) is 15.5 Å². The van der Waals surface area contributed by atoms with Crippen LogP contribution in [0, 0.1) is 5.82 Å². The van der Waals surface area contributed by atoms with Crippen LogP contribution in [0.2, 0.25) is 0 Å². The first-order chi connectivity index (χ1) is 15.4. The van der Waals surface area contributed by atoms with Crippen molar-refractivity contribution < 1.29 is 23.9 Å². The highest BCUT2D eigenvalue weighted by molar-refractivity contribution is 5.98. The molecule has 3 aromatic carbocycles. The highest BCUT2D eigenvalue weighted by Crippen LogP contribution is 2.28. The summed E-state index contributed by atoms with van der Waals surface area (Å²) in [4.78, 5) is 37.0. The Hall–Kier alpha value is -4.20. The summed E-state index contributed by atoms with van der Waals surface area (Å²) in [5, 5.41) is 14.4. The molecule has 0 fully saturated rings. The molecule has 1 heterocycles. The van der Waals surface area contributed by atoms with Gasteiger partial charge in [0.2, 0.25) is 6.41 Å². The van der Waals surface area contributed by atoms with E-state index < -0.39 is 17.9 Å². The van der Waals surface area contributed by atoms with Gasteiger partial charge in [-0.2, -0.15) is 0 Å². The number of amides is 4. The van der Waals surface area contributed by atoms with Gasteiger partial charge in [-0.1, -0.05) is 42.5 Å². The van der Waals surface area contributed by atoms with Crippen LogP contribution in [0.1, 0.15) is 27.5 Å². The number of nitrogens with zero attached hydrogens (tertiary/aromatic N) is 1. The molecule has 1 atom stereocenters. The lowest BCUT2D eigenvalue weighted by Crippen LogP contribution is -2.42. The highest BCUT2D eigenvalue weighted by atomic mass is 19.1. The van der Waals surface area contributed by atoms with Crippen molar-refractivity contribution in [2.45, 2.75) is 12.6 Å². The average Bonchev–Trinajstić information content (AvgIpc) is 3.08. The van der Waals surface area contributed by atoms with Crippen molar-refractivity contribution in [3.63, 3.8) is 0 Å². The molecule has 3 aromatic rings. The molecule has 1 aliphatic heterocycles. The van der Waals surface area contributed by atoms with E-state index in [1.54, 1.807) is 36.4 Å². The Morgan fingerprint density at radius 1 is 1.09 bits per heavy atom. The molecule has 4 rings (SSSR count). The lowest BCUT2D eigenvalue weighted by Gasteiger charge is -2.25. The second-order valence-corrected chi connectivity index (χ2v) is 7.45. The SMILES string of the molecule is O=CNC(=O)N[C@@H](CN1Cc2ccc(F)cc2C1=O)c1ccc(-c2cccc(O)c2)cc1. The molecule has 4 amide bonds. The Balaban J connectivity index is 1.58. The fraction of sp³-hybridized carbons (Fsp3) is 0.125. The van der Waals surface area contributed by atoms with Crippen LogP contribution in [0.5, 0.6) is 5.75 Å². The summed E-state index contributed by atoms with van der Waals surface area (Å²) in [5.41, 5.74) is 3.42. The summed E-state index contributed by atoms with van der Waals surface area (Å²) in [6, 6.07) is 16.9. The largest absolute Gasteiger partial charge is 0.508 e. The molecule has 7 nitrogen and oxygen atoms in total. The van der Waals surface area contributed by atoms with Crippen molar-refractivity contribution in [3.8, 4) is 16.9 Å². The molecule has 0 aliphatic carbocycles. The molecule has 0 saturated carbocycles. The van der Waals surface area contributed by atoms with Gasteiger partial charge in [0.25, 0.3) is 5.91 Å². The van der Waals surface area contributed by atoms with Gasteiger partial charge < -0.3 is 15.3 Å². The number of nitrogens with one attached hydrogen (secondary N) is 2. The summed E-state index contributed by atoms with van der Waals surface area (Å²) in [6.45, 7) is 0.427. The molecule has 32 heavy (non-hydrogen) atoms. The smallest absolute Gasteiger partial charge is 0.321 e. The maximum absolute atomic E-state index is 13.6. The monoisotopic (exact) mass is 433 g/mol. The fourth-order valence-corrected chi connectivity index (χ4v) is 3.78. The zero-order valence-corrected chi connectivity index (χ0v) is 16.9. The van der Waals surface area contributed by atoms with Crippen LogP contribution in [-0.4, -0.2) is 34.9 Å². The third-order valence-corrected chi connectivity index (χ3v) is 5.34. The third kappa shape index (κ3) is 4.44. The number of benzene rings is 3. The lowest BCUT2D eigenvalue weighted by atomic mass is 10.00. The van der Waals surface area contributed by atoms with Gasteiger partial charge in [-0.3, -0.25) is 14.9 Å². The fourth-order valence-electron chi connectivity index (χ4n) is 3.78. The van der Waals surface area contributed by atoms with Crippen molar-refractivity contribution in [2.24, 2.45) is 0 Å². The molecular weight excluding hydrogens is 413 g/mol. The van der Waals surface area contributed by atoms with Gasteiger partial charge in [0.15, 0.2) is 0 Å². The number of imide groups is 1. The predicted octanol–water partition coefficient (Wildman–Crippen LogP) is 3.35. The van der Waals surface area contributed by atoms with E-state index in [0.717, 1.165) is 11.1 Å². The third-order valence-electron chi connectivity index (χ3n) is 5.34. The summed E-state index contributed by atoms with van der Waals surface area (Å²) in [7, 11) is 0. The first-order valence-corrected chi connectivity index (χ1v) is 9.92. The van der Waals surface area contributed by atoms with Gasteiger partial charge >= 0.3 is 6.03 Å². The molecule has 8 heteroatoms. The second-order valence-electron chi connectivity index (χ2n) is 7.45. The summed E-state index contributed by atoms with van der Waals surface area (Å²) >= 11 is 0. The van der Waals surface area contributed by atoms with E-state index in [2.05, 4.69) is 5.32 Å². The Morgan fingerprint density at radius 2 is 1.88 bits per heavy atom. The molecule has 0 bridgehead atoms. The molecule has 0 radical (unpaired) electrons. The maximum Gasteiger partial charge on any atom is 0.321 e. The summed E-state index contributed by atoms with van der Waals surface area (Å²) in [5.74, 6) is -0.653. The number of carbonyl (C=O) groups is 3. The van der Waals surface area contributed by atoms with Crippen LogP contribution in [0.3, 0.4) is 0 Å². The van der Waals surface area contributed by atoms with Crippen molar-refractivity contribution in [3.05, 3.63) is 89.2 Å². The van der Waals surface area contributed by atoms with E-state index in [1.807, 2.05) is 23.5 Å². The van der Waals surface area contributed by atoms with E-state index in [4.69, 9.17) is 0 Å². The van der Waals surface area contributed by atoms with Crippen molar-refractivity contribution in [1.29, 1.82) is 0 Å². The van der Waals surface area contributed by atoms with Gasteiger partial charge in [0, 0.05) is 18.7 Å². The van der Waals surface area contributed by atoms with E-state index in [-0.39, 0.29) is 24.6 Å². The number of hydrogen-bond donors (Lipinski definition) is 3. The Morgan fingerprint density at radius 3 is 2.59 bits per heavy atom. The number of aromatic hydroxyl groups is 1. The molecule has 162 valence electrons. The Bertz CT molecular complexity index is 1180. The number of halogens is 1. The van der Waals surface area contributed by atoms with Crippen molar-refractivity contribution in [2.75, 3.05) is 6.54 Å². The minimum atomic E-state index is -0.697. The van der Waals surface area contributed by atoms with Gasteiger partial charge in [0.05, 0.1) is 6.04 Å². The minimum Gasteiger partial charge on any atom is -0.508 e. The number of urea groups is 1. The van der Waals surface area contributed by atoms with Gasteiger partial charge in [0.1, 0.15) is 11.6 Å². The average molecular weight is 433 g/mol. The van der Waals surface area contributed by atoms with Crippen LogP contribution in [0.4, 0.5) is 9.18 Å². The van der Waals surface area contributed by atoms with E-state index in [9.17, 15) is 23.9 Å². The Labute approximate surface area is 183 Å². The number of fused-ring (bicyclic) bond motifs is 1. The molecular formula is C24H20FN3O4. The first-order valence-electron chi connectivity index (χ1n) is 9.92. The second kappa shape index (κ2) is 8.89. The maximum atomic E-state index is 13.6. The van der Waals surface area contributed by atoms with Crippen LogP contribution in [-0.2, 0) is 11.3 Å². The normalized spacial score (nSPS) is 13.4. The minimum absolute atomic E-state index is 0.132. The number of phenolic OH excluding ortho intramolecular Hbond substituents is 1. The number of carbonyl (C=O) groups excluding carboxylic acids is 3. The predicted molar refractivity (Wildman–Crippen MR) is 115 cm³/mol. The number of rotatable bonds is 6. The lowest BCUT2D eigenvalue weighted by molar-refractivity contribution is -0.108. The standard InChI is InChI=1S/C24H20FN3O4/c25-19-9-8-18-12-28(23(31)21(18)11-19)13-22(27-24(32)26-14-29)16-6-4-15(5-7-16)17-2-1-3-20(30)10-17/h1-11,14,22,30H,12-13H2,(H2,26,27,29,32)/t22-/m0/s1. The zero-order chi connectivity index (χ0) is 22.7. The molecule has 0 saturated heterocycles. The van der Waals surface area contributed by atoms with Gasteiger partial charge in [-0.25, -0.2) is 9.18 Å². The summed E-state index contributed by atoms with van der Waals surface area (Å²) in [6.07, 6.45) is 0.275. The molecule has 0 aromatic heterocycles. The quantitative estimate of drug-likeness (QED) is 0.519. The topological polar surface area (TPSA) is 98.7 Å². The molecule has 1 aliphatic rings. The van der Waals surface area contributed by atoms with Gasteiger partial charge in [-0.15, -0.1) is 0 Å². The van der Waals surface area contributed by atoms with Crippen LogP contribution < -0.4 is 10.6 Å². The summed E-state index contributed by atoms with van der Waals surface area (Å²) < 4.78 is 13.6. The molecule has 0 unspecified atom stereocenters. The zero-order valence-electron chi connectivity index (χ0n) is 16.9. The first kappa shape index (κ1) is 21.0. The highest BCUT2D eigenvalue weighted by Gasteiger charge is 2.30. The van der Waals surface area contributed by atoms with E-state index in [0.29, 0.717) is 23.2 Å². The van der Waals surface area contributed by atoms with Crippen molar-refractivity contribution >= 4 is 18.3 Å². The van der Waals surface area contributed by atoms with E-state index >= 15 is 0 Å².